The molecule has 0 saturated carbocycles. The Hall–Kier alpha value is -0.860. The first-order valence-electron chi connectivity index (χ1n) is 10.9. The largest absolute Gasteiger partial charge is 0.396 e. The van der Waals surface area contributed by atoms with Crippen molar-refractivity contribution in [3.05, 3.63) is 35.4 Å². The van der Waals surface area contributed by atoms with Crippen LogP contribution in [0, 0.1) is 5.92 Å². The number of aliphatic imine (C=N–C) groups is 1. The molecule has 1 aliphatic heterocycles. The molecule has 1 heterocycles. The van der Waals surface area contributed by atoms with Gasteiger partial charge in [0, 0.05) is 38.3 Å². The summed E-state index contributed by atoms with van der Waals surface area (Å²) < 4.78 is 0. The van der Waals surface area contributed by atoms with Gasteiger partial charge in [0.05, 0.1) is 6.54 Å². The van der Waals surface area contributed by atoms with Crippen molar-refractivity contribution in [3.63, 3.8) is 0 Å². The van der Waals surface area contributed by atoms with Gasteiger partial charge in [0.15, 0.2) is 5.96 Å². The molecule has 166 valence electrons. The summed E-state index contributed by atoms with van der Waals surface area (Å²) in [5.74, 6) is 1.37. The molecular weight excluding hydrogens is 475 g/mol. The maximum absolute atomic E-state index is 9.28. The number of hydrogen-bond donors (Lipinski definition) is 3. The quantitative estimate of drug-likeness (QED) is 0.252. The van der Waals surface area contributed by atoms with Crippen LogP contribution in [0.1, 0.15) is 58.1 Å². The predicted molar refractivity (Wildman–Crippen MR) is 134 cm³/mol. The molecule has 0 saturated heterocycles. The zero-order chi connectivity index (χ0) is 20.4. The average Bonchev–Trinajstić information content (AvgIpc) is 2.70. The molecular formula is C23H41IN4O. The second-order valence-corrected chi connectivity index (χ2v) is 8.50. The monoisotopic (exact) mass is 516 g/mol. The maximum atomic E-state index is 9.28. The van der Waals surface area contributed by atoms with E-state index in [1.165, 1.54) is 11.1 Å². The van der Waals surface area contributed by atoms with E-state index in [4.69, 9.17) is 4.99 Å². The molecule has 29 heavy (non-hydrogen) atoms. The van der Waals surface area contributed by atoms with E-state index in [-0.39, 0.29) is 36.1 Å². The number of fused-ring (bicyclic) bond motifs is 1. The van der Waals surface area contributed by atoms with E-state index < -0.39 is 0 Å². The number of rotatable bonds is 10. The van der Waals surface area contributed by atoms with Gasteiger partial charge < -0.3 is 15.7 Å². The first kappa shape index (κ1) is 26.2. The topological polar surface area (TPSA) is 59.9 Å². The molecule has 1 aromatic rings. The molecule has 0 aromatic heterocycles. The van der Waals surface area contributed by atoms with Gasteiger partial charge in [0.2, 0.25) is 0 Å². The molecule has 0 radical (unpaired) electrons. The van der Waals surface area contributed by atoms with E-state index in [9.17, 15) is 5.11 Å². The molecule has 1 aromatic carbocycles. The molecule has 2 rings (SSSR count). The fourth-order valence-electron chi connectivity index (χ4n) is 3.91. The number of halogens is 1. The fourth-order valence-corrected chi connectivity index (χ4v) is 3.91. The van der Waals surface area contributed by atoms with Gasteiger partial charge in [0.25, 0.3) is 0 Å². The van der Waals surface area contributed by atoms with E-state index in [0.717, 1.165) is 64.4 Å². The predicted octanol–water partition coefficient (Wildman–Crippen LogP) is 3.80. The van der Waals surface area contributed by atoms with E-state index in [0.29, 0.717) is 5.92 Å². The summed E-state index contributed by atoms with van der Waals surface area (Å²) in [5, 5.41) is 16.1. The van der Waals surface area contributed by atoms with Crippen molar-refractivity contribution < 1.29 is 5.11 Å². The third-order valence-corrected chi connectivity index (χ3v) is 5.75. The summed E-state index contributed by atoms with van der Waals surface area (Å²) in [6.45, 7) is 13.7. The van der Waals surface area contributed by atoms with Crippen molar-refractivity contribution in [2.75, 3.05) is 32.8 Å². The molecule has 1 unspecified atom stereocenters. The lowest BCUT2D eigenvalue weighted by molar-refractivity contribution is 0.111. The van der Waals surface area contributed by atoms with E-state index in [1.807, 2.05) is 0 Å². The Morgan fingerprint density at radius 1 is 1.17 bits per heavy atom. The van der Waals surface area contributed by atoms with Crippen molar-refractivity contribution in [2.24, 2.45) is 10.9 Å². The lowest BCUT2D eigenvalue weighted by Crippen LogP contribution is -2.49. The molecule has 0 aliphatic carbocycles. The summed E-state index contributed by atoms with van der Waals surface area (Å²) in [5.41, 5.74) is 2.94. The SMILES string of the molecule is CCCC(CCO)CNC(=NCC(C)(C)N1CCc2ccccc2C1)NCC.I. The van der Waals surface area contributed by atoms with Gasteiger partial charge in [-0.15, -0.1) is 24.0 Å². The fraction of sp³-hybridized carbons (Fsp3) is 0.696. The summed E-state index contributed by atoms with van der Waals surface area (Å²) in [7, 11) is 0. The molecule has 1 atom stereocenters. The molecule has 6 heteroatoms. The standard InChI is InChI=1S/C23H40N4O.HI/c1-5-9-19(13-15-28)16-25-22(24-6-2)26-18-23(3,4)27-14-12-20-10-7-8-11-21(20)17-27;/h7-8,10-11,19,28H,5-6,9,12-18H2,1-4H3,(H2,24,25,26);1H. The average molecular weight is 517 g/mol. The number of guanidine groups is 1. The number of hydrogen-bond acceptors (Lipinski definition) is 3. The van der Waals surface area contributed by atoms with Gasteiger partial charge in [-0.1, -0.05) is 37.6 Å². The molecule has 0 fully saturated rings. The number of nitrogens with zero attached hydrogens (tertiary/aromatic N) is 2. The van der Waals surface area contributed by atoms with Crippen LogP contribution in [-0.2, 0) is 13.0 Å². The van der Waals surface area contributed by atoms with Crippen molar-refractivity contribution in [1.82, 2.24) is 15.5 Å². The van der Waals surface area contributed by atoms with Crippen molar-refractivity contribution in [2.45, 2.75) is 65.5 Å². The Bertz CT molecular complexity index is 615. The third-order valence-electron chi connectivity index (χ3n) is 5.75. The summed E-state index contributed by atoms with van der Waals surface area (Å²) in [4.78, 5) is 7.45. The molecule has 0 spiro atoms. The second-order valence-electron chi connectivity index (χ2n) is 8.50. The first-order chi connectivity index (χ1) is 13.5. The van der Waals surface area contributed by atoms with Crippen LogP contribution in [0.3, 0.4) is 0 Å². The minimum atomic E-state index is 0. The van der Waals surface area contributed by atoms with Crippen LogP contribution in [0.15, 0.2) is 29.3 Å². The highest BCUT2D eigenvalue weighted by atomic mass is 127. The van der Waals surface area contributed by atoms with Gasteiger partial charge in [0.1, 0.15) is 0 Å². The van der Waals surface area contributed by atoms with Crippen LogP contribution >= 0.6 is 24.0 Å². The molecule has 1 aliphatic rings. The van der Waals surface area contributed by atoms with Crippen molar-refractivity contribution in [1.29, 1.82) is 0 Å². The Kier molecular flexibility index (Phi) is 12.1. The summed E-state index contributed by atoms with van der Waals surface area (Å²) >= 11 is 0. The molecule has 0 amide bonds. The van der Waals surface area contributed by atoms with E-state index in [2.05, 4.69) is 67.5 Å². The van der Waals surface area contributed by atoms with Crippen LogP contribution in [0.25, 0.3) is 0 Å². The number of benzene rings is 1. The number of nitrogens with one attached hydrogen (secondary N) is 2. The minimum absolute atomic E-state index is 0. The number of aliphatic hydroxyl groups is 1. The highest BCUT2D eigenvalue weighted by Crippen LogP contribution is 2.25. The van der Waals surface area contributed by atoms with Crippen LogP contribution in [-0.4, -0.2) is 54.3 Å². The second kappa shape index (κ2) is 13.4. The van der Waals surface area contributed by atoms with Gasteiger partial charge in [-0.3, -0.25) is 9.89 Å². The van der Waals surface area contributed by atoms with E-state index in [1.54, 1.807) is 0 Å². The zero-order valence-electron chi connectivity index (χ0n) is 18.7. The van der Waals surface area contributed by atoms with Gasteiger partial charge in [-0.25, -0.2) is 0 Å². The van der Waals surface area contributed by atoms with Crippen LogP contribution in [0.5, 0.6) is 0 Å². The number of aliphatic hydroxyl groups excluding tert-OH is 1. The lowest BCUT2D eigenvalue weighted by atomic mass is 9.94. The van der Waals surface area contributed by atoms with Crippen LogP contribution in [0.4, 0.5) is 0 Å². The summed E-state index contributed by atoms with van der Waals surface area (Å²) in [6.07, 6.45) is 4.23. The summed E-state index contributed by atoms with van der Waals surface area (Å²) in [6, 6.07) is 8.78. The Morgan fingerprint density at radius 2 is 1.90 bits per heavy atom. The first-order valence-corrected chi connectivity index (χ1v) is 10.9. The molecule has 0 bridgehead atoms. The van der Waals surface area contributed by atoms with Gasteiger partial charge in [-0.05, 0) is 57.1 Å². The highest BCUT2D eigenvalue weighted by Gasteiger charge is 2.29. The molecule has 3 N–H and O–H groups in total. The van der Waals surface area contributed by atoms with Gasteiger partial charge in [-0.2, -0.15) is 0 Å². The third kappa shape index (κ3) is 8.42. The smallest absolute Gasteiger partial charge is 0.191 e. The van der Waals surface area contributed by atoms with Crippen molar-refractivity contribution in [3.8, 4) is 0 Å². The van der Waals surface area contributed by atoms with Gasteiger partial charge >= 0.3 is 0 Å². The van der Waals surface area contributed by atoms with E-state index >= 15 is 0 Å². The Labute approximate surface area is 194 Å². The Balaban J connectivity index is 0.00000420. The zero-order valence-corrected chi connectivity index (χ0v) is 21.0. The maximum Gasteiger partial charge on any atom is 0.191 e. The minimum Gasteiger partial charge on any atom is -0.396 e. The Morgan fingerprint density at radius 3 is 2.55 bits per heavy atom. The van der Waals surface area contributed by atoms with Crippen LogP contribution < -0.4 is 10.6 Å². The van der Waals surface area contributed by atoms with Crippen LogP contribution in [0.2, 0.25) is 0 Å². The van der Waals surface area contributed by atoms with Crippen molar-refractivity contribution >= 4 is 29.9 Å². The lowest BCUT2D eigenvalue weighted by Gasteiger charge is -2.40. The molecule has 5 nitrogen and oxygen atoms in total. The highest BCUT2D eigenvalue weighted by molar-refractivity contribution is 14.0. The normalized spacial score (nSPS) is 16.0.